The summed E-state index contributed by atoms with van der Waals surface area (Å²) in [6.45, 7) is 6.57. The SMILES string of the molecule is COc1cccc(NC(=O)c2ccc(Nc3ccc(C(C)(C)C)cc3)cn2)c1. The van der Waals surface area contributed by atoms with E-state index in [2.05, 4.69) is 48.5 Å². The third-order valence-corrected chi connectivity index (χ3v) is 4.36. The Hall–Kier alpha value is -3.34. The summed E-state index contributed by atoms with van der Waals surface area (Å²) in [5.74, 6) is 0.414. The van der Waals surface area contributed by atoms with E-state index >= 15 is 0 Å². The Labute approximate surface area is 165 Å². The number of carbonyl (C=O) groups excluding carboxylic acids is 1. The highest BCUT2D eigenvalue weighted by Crippen LogP contribution is 2.25. The quantitative estimate of drug-likeness (QED) is 0.628. The van der Waals surface area contributed by atoms with E-state index in [9.17, 15) is 4.79 Å². The topological polar surface area (TPSA) is 63.2 Å². The van der Waals surface area contributed by atoms with Gasteiger partial charge in [-0.3, -0.25) is 4.79 Å². The van der Waals surface area contributed by atoms with E-state index in [0.29, 0.717) is 17.1 Å². The number of hydrogen-bond acceptors (Lipinski definition) is 4. The van der Waals surface area contributed by atoms with E-state index in [-0.39, 0.29) is 11.3 Å². The molecule has 3 rings (SSSR count). The lowest BCUT2D eigenvalue weighted by atomic mass is 9.87. The van der Waals surface area contributed by atoms with Gasteiger partial charge in [0.15, 0.2) is 0 Å². The second-order valence-corrected chi connectivity index (χ2v) is 7.57. The number of carbonyl (C=O) groups is 1. The van der Waals surface area contributed by atoms with Crippen LogP contribution in [0.2, 0.25) is 0 Å². The number of rotatable bonds is 5. The summed E-state index contributed by atoms with van der Waals surface area (Å²) in [7, 11) is 1.59. The van der Waals surface area contributed by atoms with Crippen molar-refractivity contribution < 1.29 is 9.53 Å². The van der Waals surface area contributed by atoms with Crippen molar-refractivity contribution in [3.8, 4) is 5.75 Å². The number of methoxy groups -OCH3 is 1. The molecule has 0 bridgehead atoms. The van der Waals surface area contributed by atoms with Crippen molar-refractivity contribution in [2.45, 2.75) is 26.2 Å². The fourth-order valence-electron chi connectivity index (χ4n) is 2.72. The molecule has 0 atom stereocenters. The molecule has 3 aromatic rings. The van der Waals surface area contributed by atoms with Crippen LogP contribution in [-0.2, 0) is 5.41 Å². The zero-order chi connectivity index (χ0) is 20.1. The molecule has 1 aromatic heterocycles. The predicted molar refractivity (Wildman–Crippen MR) is 114 cm³/mol. The molecule has 1 heterocycles. The number of ether oxygens (including phenoxy) is 1. The van der Waals surface area contributed by atoms with Crippen LogP contribution in [0.1, 0.15) is 36.8 Å². The van der Waals surface area contributed by atoms with Crippen LogP contribution in [0.4, 0.5) is 17.1 Å². The van der Waals surface area contributed by atoms with Crippen LogP contribution in [0.25, 0.3) is 0 Å². The first-order valence-corrected chi connectivity index (χ1v) is 9.14. The third-order valence-electron chi connectivity index (χ3n) is 4.36. The molecule has 144 valence electrons. The van der Waals surface area contributed by atoms with Gasteiger partial charge in [0.25, 0.3) is 5.91 Å². The first-order chi connectivity index (χ1) is 13.3. The second-order valence-electron chi connectivity index (χ2n) is 7.57. The Balaban J connectivity index is 1.65. The zero-order valence-corrected chi connectivity index (χ0v) is 16.6. The van der Waals surface area contributed by atoms with Gasteiger partial charge in [0.1, 0.15) is 11.4 Å². The molecular formula is C23H25N3O2. The van der Waals surface area contributed by atoms with E-state index in [0.717, 1.165) is 11.4 Å². The normalized spacial score (nSPS) is 11.0. The Morgan fingerprint density at radius 2 is 1.64 bits per heavy atom. The fourth-order valence-corrected chi connectivity index (χ4v) is 2.72. The standard InChI is InChI=1S/C23H25N3O2/c1-23(2,3)16-8-10-17(11-9-16)25-19-12-13-21(24-15-19)22(27)26-18-6-5-7-20(14-18)28-4/h5-15,25H,1-4H3,(H,26,27). The number of hydrogen-bond donors (Lipinski definition) is 2. The number of nitrogens with one attached hydrogen (secondary N) is 2. The zero-order valence-electron chi connectivity index (χ0n) is 16.6. The van der Waals surface area contributed by atoms with Crippen LogP contribution >= 0.6 is 0 Å². The van der Waals surface area contributed by atoms with Crippen molar-refractivity contribution in [2.24, 2.45) is 0 Å². The molecule has 0 saturated heterocycles. The van der Waals surface area contributed by atoms with Crippen LogP contribution in [0.15, 0.2) is 66.9 Å². The molecule has 0 saturated carbocycles. The molecule has 5 heteroatoms. The minimum atomic E-state index is -0.269. The van der Waals surface area contributed by atoms with Gasteiger partial charge >= 0.3 is 0 Å². The maximum atomic E-state index is 12.4. The van der Waals surface area contributed by atoms with Crippen molar-refractivity contribution >= 4 is 23.0 Å². The highest BCUT2D eigenvalue weighted by atomic mass is 16.5. The van der Waals surface area contributed by atoms with Gasteiger partial charge in [-0.15, -0.1) is 0 Å². The average molecular weight is 375 g/mol. The van der Waals surface area contributed by atoms with Crippen LogP contribution in [0.3, 0.4) is 0 Å². The number of nitrogens with zero attached hydrogens (tertiary/aromatic N) is 1. The monoisotopic (exact) mass is 375 g/mol. The van der Waals surface area contributed by atoms with Crippen molar-refractivity contribution in [1.29, 1.82) is 0 Å². The van der Waals surface area contributed by atoms with E-state index in [4.69, 9.17) is 4.74 Å². The Bertz CT molecular complexity index is 943. The van der Waals surface area contributed by atoms with Crippen molar-refractivity contribution in [3.63, 3.8) is 0 Å². The summed E-state index contributed by atoms with van der Waals surface area (Å²) < 4.78 is 5.17. The Kier molecular flexibility index (Phi) is 5.64. The molecule has 0 aliphatic carbocycles. The Morgan fingerprint density at radius 1 is 0.929 bits per heavy atom. The van der Waals surface area contributed by atoms with Crippen LogP contribution < -0.4 is 15.4 Å². The molecule has 28 heavy (non-hydrogen) atoms. The molecule has 0 spiro atoms. The molecule has 5 nitrogen and oxygen atoms in total. The van der Waals surface area contributed by atoms with Gasteiger partial charge in [0.2, 0.25) is 0 Å². The first-order valence-electron chi connectivity index (χ1n) is 9.14. The molecule has 0 fully saturated rings. The van der Waals surface area contributed by atoms with Gasteiger partial charge in [-0.1, -0.05) is 39.0 Å². The largest absolute Gasteiger partial charge is 0.497 e. The van der Waals surface area contributed by atoms with Gasteiger partial charge in [0, 0.05) is 17.4 Å². The number of pyridine rings is 1. The Morgan fingerprint density at radius 3 is 2.25 bits per heavy atom. The molecule has 0 radical (unpaired) electrons. The van der Waals surface area contributed by atoms with Crippen LogP contribution in [0, 0.1) is 0 Å². The smallest absolute Gasteiger partial charge is 0.274 e. The summed E-state index contributed by atoms with van der Waals surface area (Å²) in [4.78, 5) is 16.6. The highest BCUT2D eigenvalue weighted by molar-refractivity contribution is 6.03. The highest BCUT2D eigenvalue weighted by Gasteiger charge is 2.13. The minimum Gasteiger partial charge on any atom is -0.497 e. The van der Waals surface area contributed by atoms with Crippen LogP contribution in [-0.4, -0.2) is 18.0 Å². The van der Waals surface area contributed by atoms with Gasteiger partial charge in [-0.05, 0) is 47.4 Å². The maximum Gasteiger partial charge on any atom is 0.274 e. The van der Waals surface area contributed by atoms with Gasteiger partial charge in [-0.2, -0.15) is 0 Å². The minimum absolute atomic E-state index is 0.123. The van der Waals surface area contributed by atoms with Crippen LogP contribution in [0.5, 0.6) is 5.75 Å². The van der Waals surface area contributed by atoms with Gasteiger partial charge in [-0.25, -0.2) is 4.98 Å². The fraction of sp³-hybridized carbons (Fsp3) is 0.217. The van der Waals surface area contributed by atoms with E-state index in [1.54, 1.807) is 31.5 Å². The third kappa shape index (κ3) is 4.88. The summed E-state index contributed by atoms with van der Waals surface area (Å²) >= 11 is 0. The van der Waals surface area contributed by atoms with Crippen molar-refractivity contribution in [2.75, 3.05) is 17.7 Å². The first kappa shape index (κ1) is 19.4. The summed E-state index contributed by atoms with van der Waals surface area (Å²) in [5.41, 5.74) is 4.20. The van der Waals surface area contributed by atoms with E-state index < -0.39 is 0 Å². The molecule has 0 unspecified atom stereocenters. The van der Waals surface area contributed by atoms with E-state index in [1.165, 1.54) is 5.56 Å². The lowest BCUT2D eigenvalue weighted by Gasteiger charge is -2.19. The summed E-state index contributed by atoms with van der Waals surface area (Å²) in [6.07, 6.45) is 1.65. The van der Waals surface area contributed by atoms with Gasteiger partial charge < -0.3 is 15.4 Å². The molecule has 1 amide bonds. The number of aromatic nitrogens is 1. The summed E-state index contributed by atoms with van der Waals surface area (Å²) in [5, 5.41) is 6.12. The molecule has 0 aliphatic rings. The lowest BCUT2D eigenvalue weighted by Crippen LogP contribution is -2.13. The predicted octanol–water partition coefficient (Wildman–Crippen LogP) is 5.38. The van der Waals surface area contributed by atoms with Crippen molar-refractivity contribution in [1.82, 2.24) is 4.98 Å². The maximum absolute atomic E-state index is 12.4. The molecule has 2 aromatic carbocycles. The average Bonchev–Trinajstić information content (AvgIpc) is 2.68. The number of benzene rings is 2. The lowest BCUT2D eigenvalue weighted by molar-refractivity contribution is 0.102. The number of anilines is 3. The van der Waals surface area contributed by atoms with E-state index in [1.807, 2.05) is 30.3 Å². The second kappa shape index (κ2) is 8.13. The van der Waals surface area contributed by atoms with Gasteiger partial charge in [0.05, 0.1) is 19.0 Å². The number of amides is 1. The summed E-state index contributed by atoms with van der Waals surface area (Å²) in [6, 6.07) is 19.1. The van der Waals surface area contributed by atoms with Crippen molar-refractivity contribution in [3.05, 3.63) is 78.1 Å². The molecule has 2 N–H and O–H groups in total. The molecular weight excluding hydrogens is 350 g/mol. The molecule has 0 aliphatic heterocycles.